The number of hydrogen-bond acceptors (Lipinski definition) is 1. The molecule has 0 saturated carbocycles. The van der Waals surface area contributed by atoms with Crippen LogP contribution in [0.15, 0.2) is 0 Å². The first-order valence-corrected chi connectivity index (χ1v) is 2.35. The minimum absolute atomic E-state index is 0. The van der Waals surface area contributed by atoms with Crippen LogP contribution in [-0.4, -0.2) is 37.7 Å². The molecule has 0 aromatic carbocycles. The van der Waals surface area contributed by atoms with E-state index in [9.17, 15) is 0 Å². The fourth-order valence-corrected chi connectivity index (χ4v) is 0. The first-order valence-electron chi connectivity index (χ1n) is 0.783. The molecule has 0 fully saturated rings. The molecule has 0 unspecified atom stereocenters. The van der Waals surface area contributed by atoms with Gasteiger partial charge >= 0.3 is 30.9 Å². The van der Waals surface area contributed by atoms with Crippen LogP contribution in [0.2, 0.25) is 0 Å². The van der Waals surface area contributed by atoms with Gasteiger partial charge in [0.05, 0.1) is 0 Å². The molecule has 0 aromatic heterocycles. The largest absolute Gasteiger partial charge is 2.00 e. The van der Waals surface area contributed by atoms with Crippen LogP contribution in [0.25, 0.3) is 0 Å². The molecule has 0 amide bonds. The van der Waals surface area contributed by atoms with Crippen LogP contribution in [0.5, 0.6) is 0 Å². The quantitative estimate of drug-likeness (QED) is 0.320. The second kappa shape index (κ2) is 5.72. The van der Waals surface area contributed by atoms with Crippen molar-refractivity contribution in [2.24, 2.45) is 0 Å². The summed E-state index contributed by atoms with van der Waals surface area (Å²) in [4.78, 5) is 21.6. The van der Waals surface area contributed by atoms with E-state index in [4.69, 9.17) is 19.2 Å². The SMILES string of the molecule is O=P(O)(O)O.[H-].[H-].[Mg+2].[Ti]. The van der Waals surface area contributed by atoms with E-state index in [1.807, 2.05) is 0 Å². The third-order valence-electron chi connectivity index (χ3n) is 0. The van der Waals surface area contributed by atoms with Gasteiger partial charge in [0, 0.05) is 21.7 Å². The molecule has 0 atom stereocenters. The summed E-state index contributed by atoms with van der Waals surface area (Å²) >= 11 is 0. The molecule has 0 aliphatic carbocycles. The van der Waals surface area contributed by atoms with E-state index in [-0.39, 0.29) is 47.6 Å². The summed E-state index contributed by atoms with van der Waals surface area (Å²) in [6, 6.07) is 0. The third kappa shape index (κ3) is 93.8. The molecule has 7 heavy (non-hydrogen) atoms. The zero-order valence-electron chi connectivity index (χ0n) is 5.40. The first kappa shape index (κ1) is 15.8. The molecule has 0 aliphatic rings. The fourth-order valence-electron chi connectivity index (χ4n) is 0. The van der Waals surface area contributed by atoms with E-state index >= 15 is 0 Å². The molecule has 0 spiro atoms. The van der Waals surface area contributed by atoms with Crippen molar-refractivity contribution < 1.29 is 43.8 Å². The van der Waals surface area contributed by atoms with Crippen LogP contribution < -0.4 is 0 Å². The Kier molecular flexibility index (Phi) is 12.9. The molecule has 0 rings (SSSR count). The second-order valence-corrected chi connectivity index (χ2v) is 1.54. The van der Waals surface area contributed by atoms with Crippen LogP contribution in [0.3, 0.4) is 0 Å². The van der Waals surface area contributed by atoms with Gasteiger partial charge in [-0.25, -0.2) is 4.57 Å². The van der Waals surface area contributed by atoms with Crippen molar-refractivity contribution in [2.45, 2.75) is 0 Å². The van der Waals surface area contributed by atoms with Gasteiger partial charge in [0.1, 0.15) is 0 Å². The van der Waals surface area contributed by atoms with Gasteiger partial charge in [-0.1, -0.05) is 0 Å². The van der Waals surface area contributed by atoms with Crippen molar-refractivity contribution in [1.82, 2.24) is 0 Å². The van der Waals surface area contributed by atoms with E-state index in [0.717, 1.165) is 0 Å². The van der Waals surface area contributed by atoms with E-state index in [2.05, 4.69) is 0 Å². The predicted octanol–water partition coefficient (Wildman–Crippen LogP) is -1.09. The van der Waals surface area contributed by atoms with Gasteiger partial charge in [0.25, 0.3) is 0 Å². The number of hydrogen-bond donors (Lipinski definition) is 3. The van der Waals surface area contributed by atoms with Gasteiger partial charge in [0.2, 0.25) is 0 Å². The minimum atomic E-state index is -4.64. The van der Waals surface area contributed by atoms with Crippen LogP contribution in [0.4, 0.5) is 0 Å². The molecule has 4 nitrogen and oxygen atoms in total. The van der Waals surface area contributed by atoms with Crippen molar-refractivity contribution in [3.63, 3.8) is 0 Å². The summed E-state index contributed by atoms with van der Waals surface area (Å²) in [5.74, 6) is 0. The second-order valence-electron chi connectivity index (χ2n) is 0.513. The van der Waals surface area contributed by atoms with E-state index in [1.165, 1.54) is 0 Å². The van der Waals surface area contributed by atoms with Gasteiger partial charge in [-0.05, 0) is 0 Å². The fraction of sp³-hybridized carbons (Fsp3) is 0. The summed E-state index contributed by atoms with van der Waals surface area (Å²) in [6.45, 7) is 0. The van der Waals surface area contributed by atoms with Crippen LogP contribution in [0.1, 0.15) is 2.85 Å². The topological polar surface area (TPSA) is 77.8 Å². The molecule has 0 aliphatic heterocycles. The molecule has 40 valence electrons. The molecule has 3 N–H and O–H groups in total. The van der Waals surface area contributed by atoms with Gasteiger partial charge in [-0.3, -0.25) is 0 Å². The Bertz CT molecular complexity index is 64.7. The van der Waals surface area contributed by atoms with Crippen LogP contribution >= 0.6 is 7.82 Å². The first-order chi connectivity index (χ1) is 2.00. The van der Waals surface area contributed by atoms with Crippen molar-refractivity contribution in [3.8, 4) is 0 Å². The maximum Gasteiger partial charge on any atom is 2.00 e. The molecule has 0 heterocycles. The average molecular weight is 172 g/mol. The summed E-state index contributed by atoms with van der Waals surface area (Å²) in [5.41, 5.74) is 0. The molecule has 0 radical (unpaired) electrons. The molecule has 0 bridgehead atoms. The van der Waals surface area contributed by atoms with E-state index in [1.54, 1.807) is 0 Å². The summed E-state index contributed by atoms with van der Waals surface area (Å²) in [7, 11) is -4.64. The Morgan fingerprint density at radius 3 is 1.29 bits per heavy atom. The summed E-state index contributed by atoms with van der Waals surface area (Å²) < 4.78 is 8.88. The van der Waals surface area contributed by atoms with E-state index in [0.29, 0.717) is 0 Å². The maximum atomic E-state index is 8.88. The van der Waals surface area contributed by atoms with Crippen molar-refractivity contribution in [2.75, 3.05) is 0 Å². The number of phosphoric acid groups is 1. The molecule has 7 heteroatoms. The zero-order chi connectivity index (χ0) is 4.50. The Hall–Kier alpha value is 1.59. The van der Waals surface area contributed by atoms with Gasteiger partial charge in [0.15, 0.2) is 0 Å². The molecule has 0 saturated heterocycles. The van der Waals surface area contributed by atoms with Crippen molar-refractivity contribution in [1.29, 1.82) is 0 Å². The maximum absolute atomic E-state index is 8.88. The Labute approximate surface area is 74.6 Å². The van der Waals surface area contributed by atoms with Gasteiger partial charge in [-0.15, -0.1) is 0 Å². The van der Waals surface area contributed by atoms with E-state index < -0.39 is 7.82 Å². The molecular formula is H5MgO4PTi. The smallest absolute Gasteiger partial charge is 1.00 e. The summed E-state index contributed by atoms with van der Waals surface area (Å²) in [6.07, 6.45) is 0. The molecule has 0 aromatic rings. The average Bonchev–Trinajstić information content (AvgIpc) is 0.722. The minimum Gasteiger partial charge on any atom is -1.00 e. The van der Waals surface area contributed by atoms with Crippen molar-refractivity contribution >= 4 is 30.9 Å². The monoisotopic (exact) mass is 172 g/mol. The molecular weight excluding hydrogens is 167 g/mol. The third-order valence-corrected chi connectivity index (χ3v) is 0. The Balaban J connectivity index is -0.0000000133. The van der Waals surface area contributed by atoms with Crippen LogP contribution in [-0.2, 0) is 26.3 Å². The zero-order valence-corrected chi connectivity index (χ0v) is 7.27. The Morgan fingerprint density at radius 1 is 1.29 bits per heavy atom. The number of rotatable bonds is 0. The van der Waals surface area contributed by atoms with Gasteiger partial charge < -0.3 is 17.5 Å². The van der Waals surface area contributed by atoms with Crippen molar-refractivity contribution in [3.05, 3.63) is 0 Å². The summed E-state index contributed by atoms with van der Waals surface area (Å²) in [5, 5.41) is 0. The predicted molar refractivity (Wildman–Crippen MR) is 22.2 cm³/mol. The standard InChI is InChI=1S/Mg.H3O4P.Ti.2H/c;1-5(2,3)4;;;/h;(H3,1,2,3,4);;;/q+2;;;2*-1. The van der Waals surface area contributed by atoms with Gasteiger partial charge in [-0.2, -0.15) is 0 Å². The Morgan fingerprint density at radius 2 is 1.29 bits per heavy atom. The normalized spacial score (nSPS) is 8.43. The van der Waals surface area contributed by atoms with Crippen LogP contribution in [0, 0.1) is 0 Å².